The number of ether oxygens (including phenoxy) is 1. The van der Waals surface area contributed by atoms with Crippen molar-refractivity contribution in [2.75, 3.05) is 13.1 Å². The summed E-state index contributed by atoms with van der Waals surface area (Å²) in [6.45, 7) is 1.76. The molecule has 0 saturated carbocycles. The summed E-state index contributed by atoms with van der Waals surface area (Å²) in [5.41, 5.74) is 0.720. The van der Waals surface area contributed by atoms with Crippen LogP contribution in [-0.2, 0) is 0 Å². The topological polar surface area (TPSA) is 29.5 Å². The van der Waals surface area contributed by atoms with Crippen LogP contribution in [0.2, 0.25) is 0 Å². The third-order valence-corrected chi connectivity index (χ3v) is 2.66. The smallest absolute Gasteiger partial charge is 0.253 e. The van der Waals surface area contributed by atoms with Gasteiger partial charge in [0.1, 0.15) is 12.9 Å². The van der Waals surface area contributed by atoms with Gasteiger partial charge < -0.3 is 9.64 Å². The van der Waals surface area contributed by atoms with Crippen LogP contribution in [0.5, 0.6) is 5.75 Å². The van der Waals surface area contributed by atoms with Crippen molar-refractivity contribution in [1.82, 2.24) is 4.90 Å². The molecule has 0 bridgehead atoms. The fourth-order valence-electron chi connectivity index (χ4n) is 1.80. The largest absolute Gasteiger partial charge is 0.490 e. The molecule has 1 heterocycles. The summed E-state index contributed by atoms with van der Waals surface area (Å²) in [7, 11) is 3.31. The first-order valence-electron chi connectivity index (χ1n) is 5.12. The third-order valence-electron chi connectivity index (χ3n) is 2.66. The quantitative estimate of drug-likeness (QED) is 0.738. The van der Waals surface area contributed by atoms with Gasteiger partial charge in [-0.05, 0) is 37.1 Å². The average Bonchev–Trinajstić information content (AvgIpc) is 2.82. The maximum absolute atomic E-state index is 11.9. The highest BCUT2D eigenvalue weighted by molar-refractivity contribution is 5.94. The number of carbonyl (C=O) groups is 1. The first-order valence-corrected chi connectivity index (χ1v) is 5.12. The van der Waals surface area contributed by atoms with Gasteiger partial charge in [-0.25, -0.2) is 0 Å². The van der Waals surface area contributed by atoms with Crippen molar-refractivity contribution in [2.45, 2.75) is 12.8 Å². The Morgan fingerprint density at radius 2 is 1.80 bits per heavy atom. The highest BCUT2D eigenvalue weighted by Gasteiger charge is 2.18. The van der Waals surface area contributed by atoms with E-state index >= 15 is 0 Å². The molecular weight excluding hydrogens is 190 g/mol. The monoisotopic (exact) mass is 204 g/mol. The molecule has 1 amide bonds. The Morgan fingerprint density at radius 3 is 2.33 bits per heavy atom. The number of rotatable bonds is 2. The van der Waals surface area contributed by atoms with Gasteiger partial charge in [0.2, 0.25) is 0 Å². The van der Waals surface area contributed by atoms with E-state index in [0.29, 0.717) is 5.75 Å². The summed E-state index contributed by atoms with van der Waals surface area (Å²) in [5, 5.41) is 0. The fraction of sp³-hybridized carbons (Fsp3) is 0.333. The van der Waals surface area contributed by atoms with Gasteiger partial charge in [0, 0.05) is 18.7 Å². The average molecular weight is 204 g/mol. The van der Waals surface area contributed by atoms with E-state index in [4.69, 9.17) is 4.74 Å². The van der Waals surface area contributed by atoms with Crippen molar-refractivity contribution in [3.8, 4) is 5.75 Å². The molecule has 0 aromatic heterocycles. The zero-order valence-corrected chi connectivity index (χ0v) is 8.61. The molecule has 0 unspecified atom stereocenters. The molecule has 3 nitrogen and oxygen atoms in total. The fourth-order valence-corrected chi connectivity index (χ4v) is 1.80. The van der Waals surface area contributed by atoms with Crippen LogP contribution >= 0.6 is 0 Å². The number of amides is 1. The van der Waals surface area contributed by atoms with Crippen LogP contribution in [0.15, 0.2) is 24.3 Å². The van der Waals surface area contributed by atoms with Crippen molar-refractivity contribution in [1.29, 1.82) is 0 Å². The molecular formula is C12H14NO2. The van der Waals surface area contributed by atoms with E-state index < -0.39 is 0 Å². The second kappa shape index (κ2) is 4.34. The molecule has 1 radical (unpaired) electrons. The number of carbonyl (C=O) groups excluding carboxylic acids is 1. The SMILES string of the molecule is [CH2]Oc1ccc(C(=O)N2CCCC2)cc1. The van der Waals surface area contributed by atoms with E-state index in [9.17, 15) is 4.79 Å². The Balaban J connectivity index is 2.11. The predicted octanol–water partition coefficient (Wildman–Crippen LogP) is 2.09. The van der Waals surface area contributed by atoms with Gasteiger partial charge in [-0.3, -0.25) is 4.79 Å². The molecule has 3 heteroatoms. The minimum atomic E-state index is 0.114. The first kappa shape index (κ1) is 10.0. The van der Waals surface area contributed by atoms with Crippen molar-refractivity contribution in [2.24, 2.45) is 0 Å². The van der Waals surface area contributed by atoms with Gasteiger partial charge in [0.15, 0.2) is 0 Å². The maximum Gasteiger partial charge on any atom is 0.253 e. The predicted molar refractivity (Wildman–Crippen MR) is 57.6 cm³/mol. The number of hydrogen-bond acceptors (Lipinski definition) is 2. The minimum absolute atomic E-state index is 0.114. The third kappa shape index (κ3) is 2.12. The summed E-state index contributed by atoms with van der Waals surface area (Å²) in [6.07, 6.45) is 2.23. The summed E-state index contributed by atoms with van der Waals surface area (Å²) < 4.78 is 4.80. The van der Waals surface area contributed by atoms with E-state index in [1.165, 1.54) is 0 Å². The van der Waals surface area contributed by atoms with Crippen molar-refractivity contribution in [3.05, 3.63) is 36.9 Å². The molecule has 1 saturated heterocycles. The Bertz CT molecular complexity index is 339. The van der Waals surface area contributed by atoms with E-state index in [1.54, 1.807) is 24.3 Å². The Labute approximate surface area is 89.7 Å². The first-order chi connectivity index (χ1) is 7.31. The molecule has 15 heavy (non-hydrogen) atoms. The number of hydrogen-bond donors (Lipinski definition) is 0. The van der Waals surface area contributed by atoms with E-state index in [1.807, 2.05) is 4.90 Å². The number of nitrogens with zero attached hydrogens (tertiary/aromatic N) is 1. The molecule has 1 aliphatic rings. The van der Waals surface area contributed by atoms with Gasteiger partial charge in [-0.1, -0.05) is 0 Å². The summed E-state index contributed by atoms with van der Waals surface area (Å²) in [4.78, 5) is 13.8. The molecule has 0 atom stereocenters. The maximum atomic E-state index is 11.9. The van der Waals surface area contributed by atoms with Crippen molar-refractivity contribution >= 4 is 5.91 Å². The minimum Gasteiger partial charge on any atom is -0.490 e. The van der Waals surface area contributed by atoms with Crippen LogP contribution in [0.3, 0.4) is 0 Å². The van der Waals surface area contributed by atoms with Crippen LogP contribution in [-0.4, -0.2) is 23.9 Å². The summed E-state index contributed by atoms with van der Waals surface area (Å²) in [5.74, 6) is 0.788. The van der Waals surface area contributed by atoms with Gasteiger partial charge in [-0.15, -0.1) is 0 Å². The molecule has 1 aliphatic heterocycles. The molecule has 2 rings (SSSR count). The molecule has 0 N–H and O–H groups in total. The molecule has 0 aliphatic carbocycles. The zero-order valence-electron chi connectivity index (χ0n) is 8.61. The molecule has 0 spiro atoms. The Morgan fingerprint density at radius 1 is 1.20 bits per heavy atom. The van der Waals surface area contributed by atoms with Crippen LogP contribution in [0.25, 0.3) is 0 Å². The molecule has 1 aromatic carbocycles. The molecule has 1 aromatic rings. The van der Waals surface area contributed by atoms with Crippen molar-refractivity contribution < 1.29 is 9.53 Å². The van der Waals surface area contributed by atoms with Gasteiger partial charge >= 0.3 is 0 Å². The standard InChI is InChI=1S/C12H14NO2/c1-15-11-6-4-10(5-7-11)12(14)13-8-2-3-9-13/h4-7H,1-3,8-9H2. The van der Waals surface area contributed by atoms with Crippen molar-refractivity contribution in [3.63, 3.8) is 0 Å². The lowest BCUT2D eigenvalue weighted by Crippen LogP contribution is -2.27. The van der Waals surface area contributed by atoms with Gasteiger partial charge in [-0.2, -0.15) is 0 Å². The van der Waals surface area contributed by atoms with Crippen LogP contribution < -0.4 is 4.74 Å². The second-order valence-electron chi connectivity index (χ2n) is 3.67. The highest BCUT2D eigenvalue weighted by atomic mass is 16.5. The van der Waals surface area contributed by atoms with E-state index in [-0.39, 0.29) is 5.91 Å². The second-order valence-corrected chi connectivity index (χ2v) is 3.67. The van der Waals surface area contributed by atoms with E-state index in [0.717, 1.165) is 31.5 Å². The van der Waals surface area contributed by atoms with E-state index in [2.05, 4.69) is 7.11 Å². The van der Waals surface area contributed by atoms with Gasteiger partial charge in [0.05, 0.1) is 0 Å². The lowest BCUT2D eigenvalue weighted by atomic mass is 10.2. The Kier molecular flexibility index (Phi) is 2.90. The van der Waals surface area contributed by atoms with Gasteiger partial charge in [0.25, 0.3) is 5.91 Å². The summed E-state index contributed by atoms with van der Waals surface area (Å²) in [6, 6.07) is 7.08. The Hall–Kier alpha value is -1.51. The lowest BCUT2D eigenvalue weighted by Gasteiger charge is -2.15. The summed E-state index contributed by atoms with van der Waals surface area (Å²) >= 11 is 0. The highest BCUT2D eigenvalue weighted by Crippen LogP contribution is 2.16. The number of benzene rings is 1. The zero-order chi connectivity index (χ0) is 10.7. The molecule has 79 valence electrons. The van der Waals surface area contributed by atoms with Crippen LogP contribution in [0.4, 0.5) is 0 Å². The van der Waals surface area contributed by atoms with Crippen LogP contribution in [0, 0.1) is 7.11 Å². The lowest BCUT2D eigenvalue weighted by molar-refractivity contribution is 0.0793. The van der Waals surface area contributed by atoms with Crippen LogP contribution in [0.1, 0.15) is 23.2 Å². The normalized spacial score (nSPS) is 15.4. The molecule has 1 fully saturated rings. The number of likely N-dealkylation sites (tertiary alicyclic amines) is 1.